The molecule has 0 aromatic carbocycles. The number of fused-ring (bicyclic) bond motifs is 1. The monoisotopic (exact) mass is 361 g/mol. The van der Waals surface area contributed by atoms with Crippen LogP contribution in [0.2, 0.25) is 4.34 Å². The van der Waals surface area contributed by atoms with E-state index in [1.165, 1.54) is 16.9 Å². The van der Waals surface area contributed by atoms with Crippen molar-refractivity contribution in [2.75, 3.05) is 12.4 Å². The van der Waals surface area contributed by atoms with Crippen molar-refractivity contribution in [1.29, 1.82) is 0 Å². The second-order valence-corrected chi connectivity index (χ2v) is 7.29. The fourth-order valence-corrected chi connectivity index (χ4v) is 4.50. The topological polar surface area (TPSA) is 37.8 Å². The standard InChI is InChI=1S/C11H9BrClN3S2/c1-14-10-5-3-17-4-7(5)15-11(16-10)8-2-6(12)9(13)18-8/h2H,3-4H2,1H3,(H,14,15,16). The van der Waals surface area contributed by atoms with Crippen LogP contribution in [-0.4, -0.2) is 17.0 Å². The van der Waals surface area contributed by atoms with Gasteiger partial charge in [-0.1, -0.05) is 11.6 Å². The van der Waals surface area contributed by atoms with E-state index in [4.69, 9.17) is 11.6 Å². The maximum absolute atomic E-state index is 6.07. The first kappa shape index (κ1) is 12.7. The van der Waals surface area contributed by atoms with E-state index in [9.17, 15) is 0 Å². The molecule has 0 atom stereocenters. The van der Waals surface area contributed by atoms with Crippen LogP contribution in [0, 0.1) is 0 Å². The lowest BCUT2D eigenvalue weighted by Gasteiger charge is -2.07. The van der Waals surface area contributed by atoms with Gasteiger partial charge in [0.1, 0.15) is 10.2 Å². The zero-order chi connectivity index (χ0) is 12.7. The Morgan fingerprint density at radius 2 is 2.22 bits per heavy atom. The third-order valence-electron chi connectivity index (χ3n) is 2.68. The molecule has 3 heterocycles. The maximum atomic E-state index is 6.07. The molecule has 3 nitrogen and oxygen atoms in total. The van der Waals surface area contributed by atoms with Gasteiger partial charge in [0.2, 0.25) is 0 Å². The van der Waals surface area contributed by atoms with E-state index in [-0.39, 0.29) is 0 Å². The molecular formula is C11H9BrClN3S2. The molecule has 1 aliphatic rings. The lowest BCUT2D eigenvalue weighted by molar-refractivity contribution is 1.08. The molecule has 18 heavy (non-hydrogen) atoms. The molecular weight excluding hydrogens is 354 g/mol. The van der Waals surface area contributed by atoms with Gasteiger partial charge in [0.25, 0.3) is 0 Å². The van der Waals surface area contributed by atoms with E-state index in [0.29, 0.717) is 0 Å². The summed E-state index contributed by atoms with van der Waals surface area (Å²) in [7, 11) is 1.90. The first-order valence-electron chi connectivity index (χ1n) is 5.29. The zero-order valence-electron chi connectivity index (χ0n) is 9.46. The molecule has 3 rings (SSSR count). The molecule has 0 amide bonds. The summed E-state index contributed by atoms with van der Waals surface area (Å²) in [5, 5.41) is 3.15. The van der Waals surface area contributed by atoms with E-state index < -0.39 is 0 Å². The molecule has 2 aromatic rings. The Kier molecular flexibility index (Phi) is 3.53. The van der Waals surface area contributed by atoms with E-state index in [2.05, 4.69) is 31.2 Å². The number of nitrogens with zero attached hydrogens (tertiary/aromatic N) is 2. The summed E-state index contributed by atoms with van der Waals surface area (Å²) in [5.41, 5.74) is 2.36. The van der Waals surface area contributed by atoms with Crippen LogP contribution in [0.3, 0.4) is 0 Å². The predicted molar refractivity (Wildman–Crippen MR) is 82.6 cm³/mol. The number of rotatable bonds is 2. The molecule has 1 N–H and O–H groups in total. The summed E-state index contributed by atoms with van der Waals surface area (Å²) in [5.74, 6) is 3.62. The quantitative estimate of drug-likeness (QED) is 0.858. The molecule has 0 saturated heterocycles. The number of halogens is 2. The molecule has 0 bridgehead atoms. The predicted octanol–water partition coefficient (Wildman–Crippen LogP) is 4.41. The minimum absolute atomic E-state index is 0.731. The van der Waals surface area contributed by atoms with Crippen molar-refractivity contribution in [1.82, 2.24) is 9.97 Å². The number of hydrogen-bond donors (Lipinski definition) is 1. The SMILES string of the molecule is CNc1nc(-c2cc(Br)c(Cl)s2)nc2c1CSC2. The highest BCUT2D eigenvalue weighted by atomic mass is 79.9. The third-order valence-corrected chi connectivity index (χ3v) is 6.12. The summed E-state index contributed by atoms with van der Waals surface area (Å²) >= 11 is 12.8. The van der Waals surface area contributed by atoms with Crippen LogP contribution in [0.4, 0.5) is 5.82 Å². The van der Waals surface area contributed by atoms with Gasteiger partial charge in [0.15, 0.2) is 5.82 Å². The highest BCUT2D eigenvalue weighted by Gasteiger charge is 2.20. The number of thiophene rings is 1. The van der Waals surface area contributed by atoms with Crippen molar-refractivity contribution < 1.29 is 0 Å². The first-order valence-corrected chi connectivity index (χ1v) is 8.43. The van der Waals surface area contributed by atoms with Crippen molar-refractivity contribution in [2.45, 2.75) is 11.5 Å². The minimum atomic E-state index is 0.731. The molecule has 7 heteroatoms. The van der Waals surface area contributed by atoms with Gasteiger partial charge in [-0.15, -0.1) is 11.3 Å². The largest absolute Gasteiger partial charge is 0.373 e. The van der Waals surface area contributed by atoms with Crippen LogP contribution >= 0.6 is 50.6 Å². The smallest absolute Gasteiger partial charge is 0.171 e. The van der Waals surface area contributed by atoms with Crippen molar-refractivity contribution in [3.05, 3.63) is 26.1 Å². The second kappa shape index (κ2) is 5.00. The highest BCUT2D eigenvalue weighted by Crippen LogP contribution is 2.39. The highest BCUT2D eigenvalue weighted by molar-refractivity contribution is 9.10. The molecule has 0 spiro atoms. The van der Waals surface area contributed by atoms with Gasteiger partial charge in [-0.25, -0.2) is 9.97 Å². The summed E-state index contributed by atoms with van der Waals surface area (Å²) in [6, 6.07) is 1.97. The van der Waals surface area contributed by atoms with Crippen LogP contribution in [0.1, 0.15) is 11.3 Å². The van der Waals surface area contributed by atoms with Gasteiger partial charge in [-0.2, -0.15) is 11.8 Å². The van der Waals surface area contributed by atoms with Crippen LogP contribution < -0.4 is 5.32 Å². The van der Waals surface area contributed by atoms with Crippen LogP contribution in [-0.2, 0) is 11.5 Å². The fraction of sp³-hybridized carbons (Fsp3) is 0.273. The molecule has 0 radical (unpaired) electrons. The summed E-state index contributed by atoms with van der Waals surface area (Å²) in [6.45, 7) is 0. The molecule has 0 saturated carbocycles. The molecule has 2 aromatic heterocycles. The van der Waals surface area contributed by atoms with Crippen molar-refractivity contribution in [2.24, 2.45) is 0 Å². The van der Waals surface area contributed by atoms with Gasteiger partial charge in [0, 0.05) is 28.6 Å². The molecule has 0 unspecified atom stereocenters. The lowest BCUT2D eigenvalue weighted by Crippen LogP contribution is -2.02. The Morgan fingerprint density at radius 1 is 1.39 bits per heavy atom. The Labute approximate surface area is 127 Å². The lowest BCUT2D eigenvalue weighted by atomic mass is 10.2. The molecule has 1 aliphatic heterocycles. The van der Waals surface area contributed by atoms with E-state index in [1.807, 2.05) is 24.9 Å². The van der Waals surface area contributed by atoms with E-state index >= 15 is 0 Å². The number of aromatic nitrogens is 2. The third kappa shape index (κ3) is 2.15. The maximum Gasteiger partial charge on any atom is 0.171 e. The summed E-state index contributed by atoms with van der Waals surface area (Å²) < 4.78 is 1.63. The van der Waals surface area contributed by atoms with Crippen molar-refractivity contribution >= 4 is 56.4 Å². The van der Waals surface area contributed by atoms with Crippen molar-refractivity contribution in [3.63, 3.8) is 0 Å². The van der Waals surface area contributed by atoms with Crippen molar-refractivity contribution in [3.8, 4) is 10.7 Å². The van der Waals surface area contributed by atoms with Gasteiger partial charge in [0.05, 0.1) is 10.6 Å². The number of thioether (sulfide) groups is 1. The average molecular weight is 363 g/mol. The Balaban J connectivity index is 2.13. The molecule has 0 aliphatic carbocycles. The average Bonchev–Trinajstić information content (AvgIpc) is 2.95. The van der Waals surface area contributed by atoms with E-state index in [1.54, 1.807) is 0 Å². The Morgan fingerprint density at radius 3 is 2.89 bits per heavy atom. The van der Waals surface area contributed by atoms with Gasteiger partial charge in [-0.3, -0.25) is 0 Å². The number of anilines is 1. The van der Waals surface area contributed by atoms with Crippen LogP contribution in [0.25, 0.3) is 10.7 Å². The Bertz CT molecular complexity index is 595. The van der Waals surface area contributed by atoms with Crippen LogP contribution in [0.15, 0.2) is 10.5 Å². The fourth-order valence-electron chi connectivity index (χ4n) is 1.82. The van der Waals surface area contributed by atoms with E-state index in [0.717, 1.165) is 42.5 Å². The minimum Gasteiger partial charge on any atom is -0.373 e. The number of hydrogen-bond acceptors (Lipinski definition) is 5. The zero-order valence-corrected chi connectivity index (χ0v) is 13.4. The molecule has 94 valence electrons. The normalized spacial score (nSPS) is 13.7. The molecule has 0 fully saturated rings. The number of nitrogens with one attached hydrogen (secondary N) is 1. The Hall–Kier alpha value is -0.300. The summed E-state index contributed by atoms with van der Waals surface area (Å²) in [4.78, 5) is 10.2. The van der Waals surface area contributed by atoms with Gasteiger partial charge >= 0.3 is 0 Å². The van der Waals surface area contributed by atoms with Crippen LogP contribution in [0.5, 0.6) is 0 Å². The second-order valence-electron chi connectivity index (χ2n) is 3.80. The van der Waals surface area contributed by atoms with Gasteiger partial charge < -0.3 is 5.32 Å². The summed E-state index contributed by atoms with van der Waals surface area (Å²) in [6.07, 6.45) is 0. The van der Waals surface area contributed by atoms with Gasteiger partial charge in [-0.05, 0) is 22.0 Å². The first-order chi connectivity index (χ1) is 8.69.